The Balaban J connectivity index is 1.83. The van der Waals surface area contributed by atoms with Gasteiger partial charge >= 0.3 is 0 Å². The average Bonchev–Trinajstić information content (AvgIpc) is 2.88. The summed E-state index contributed by atoms with van der Waals surface area (Å²) >= 11 is 0. The third kappa shape index (κ3) is 4.90. The van der Waals surface area contributed by atoms with Crippen LogP contribution >= 0.6 is 0 Å². The van der Waals surface area contributed by atoms with Gasteiger partial charge < -0.3 is 14.5 Å². The van der Waals surface area contributed by atoms with Gasteiger partial charge in [-0.2, -0.15) is 0 Å². The molecule has 0 atom stereocenters. The fraction of sp³-hybridized carbons (Fsp3) is 0.412. The lowest BCUT2D eigenvalue weighted by atomic mass is 10.2. The number of nitrogens with one attached hydrogen (secondary N) is 1. The predicted octanol–water partition coefficient (Wildman–Crippen LogP) is 4.05. The van der Waals surface area contributed by atoms with Crippen molar-refractivity contribution < 1.29 is 13.5 Å². The summed E-state index contributed by atoms with van der Waals surface area (Å²) in [6.45, 7) is 8.11. The van der Waals surface area contributed by atoms with Crippen molar-refractivity contribution in [2.24, 2.45) is 5.92 Å². The van der Waals surface area contributed by atoms with Gasteiger partial charge in [0.2, 0.25) is 0 Å². The number of rotatable bonds is 7. The normalized spacial score (nSPS) is 11.1. The van der Waals surface area contributed by atoms with Crippen LogP contribution in [0.1, 0.15) is 30.7 Å². The molecule has 0 aliphatic carbocycles. The highest BCUT2D eigenvalue weighted by molar-refractivity contribution is 5.28. The van der Waals surface area contributed by atoms with Crippen molar-refractivity contribution in [2.75, 3.05) is 6.54 Å². The molecule has 0 unspecified atom stereocenters. The first-order valence-electron chi connectivity index (χ1n) is 7.20. The van der Waals surface area contributed by atoms with E-state index < -0.39 is 0 Å². The highest BCUT2D eigenvalue weighted by Gasteiger charge is 2.05. The van der Waals surface area contributed by atoms with E-state index in [1.807, 2.05) is 6.07 Å². The van der Waals surface area contributed by atoms with Crippen LogP contribution in [0, 0.1) is 18.7 Å². The second kappa shape index (κ2) is 7.27. The Bertz CT molecular complexity index is 578. The van der Waals surface area contributed by atoms with Gasteiger partial charge in [0.05, 0.1) is 6.26 Å². The van der Waals surface area contributed by atoms with E-state index in [2.05, 4.69) is 19.2 Å². The maximum absolute atomic E-state index is 13.4. The molecule has 0 aliphatic rings. The number of ether oxygens (including phenoxy) is 1. The summed E-state index contributed by atoms with van der Waals surface area (Å²) in [7, 11) is 0. The van der Waals surface area contributed by atoms with Gasteiger partial charge in [-0.15, -0.1) is 0 Å². The lowest BCUT2D eigenvalue weighted by Gasteiger charge is -2.05. The molecule has 114 valence electrons. The van der Waals surface area contributed by atoms with E-state index >= 15 is 0 Å². The number of aryl methyl sites for hydroxylation is 1. The van der Waals surface area contributed by atoms with Gasteiger partial charge in [-0.25, -0.2) is 4.39 Å². The van der Waals surface area contributed by atoms with E-state index in [0.717, 1.165) is 24.4 Å². The van der Waals surface area contributed by atoms with Crippen LogP contribution in [0.25, 0.3) is 0 Å². The molecule has 1 N–H and O–H groups in total. The van der Waals surface area contributed by atoms with Crippen LogP contribution in [-0.4, -0.2) is 6.54 Å². The highest BCUT2D eigenvalue weighted by Crippen LogP contribution is 2.18. The Morgan fingerprint density at radius 3 is 2.81 bits per heavy atom. The van der Waals surface area contributed by atoms with Gasteiger partial charge in [0.15, 0.2) is 0 Å². The van der Waals surface area contributed by atoms with Gasteiger partial charge in [-0.3, -0.25) is 0 Å². The van der Waals surface area contributed by atoms with Crippen LogP contribution in [-0.2, 0) is 13.2 Å². The van der Waals surface area contributed by atoms with E-state index in [1.54, 1.807) is 25.3 Å². The summed E-state index contributed by atoms with van der Waals surface area (Å²) in [5, 5.41) is 3.35. The summed E-state index contributed by atoms with van der Waals surface area (Å²) in [6, 6.07) is 6.81. The molecule has 2 rings (SSSR count). The van der Waals surface area contributed by atoms with Gasteiger partial charge in [-0.05, 0) is 37.1 Å². The monoisotopic (exact) mass is 291 g/mol. The zero-order valence-electron chi connectivity index (χ0n) is 12.8. The molecule has 0 saturated heterocycles. The second-order valence-electron chi connectivity index (χ2n) is 5.65. The molecule has 1 heterocycles. The molecule has 4 heteroatoms. The molecule has 0 spiro atoms. The van der Waals surface area contributed by atoms with E-state index in [-0.39, 0.29) is 5.82 Å². The molecular formula is C17H22FNO2. The summed E-state index contributed by atoms with van der Waals surface area (Å²) < 4.78 is 24.4. The molecule has 0 aliphatic heterocycles. The third-order valence-electron chi connectivity index (χ3n) is 3.11. The van der Waals surface area contributed by atoms with Crippen molar-refractivity contribution in [1.82, 2.24) is 5.32 Å². The number of hydrogen-bond donors (Lipinski definition) is 1. The first-order valence-corrected chi connectivity index (χ1v) is 7.20. The summed E-state index contributed by atoms with van der Waals surface area (Å²) in [4.78, 5) is 0. The standard InChI is InChI=1S/C17H22FNO2/c1-12(2)8-19-9-14-6-16(20-10-14)11-21-15-5-4-13(3)17(18)7-15/h4-7,10,12,19H,8-9,11H2,1-3H3. The molecule has 0 bridgehead atoms. The minimum Gasteiger partial charge on any atom is -0.486 e. The topological polar surface area (TPSA) is 34.4 Å². The predicted molar refractivity (Wildman–Crippen MR) is 80.7 cm³/mol. The first kappa shape index (κ1) is 15.6. The minimum absolute atomic E-state index is 0.259. The molecule has 1 aromatic carbocycles. The van der Waals surface area contributed by atoms with Crippen molar-refractivity contribution in [3.8, 4) is 5.75 Å². The molecule has 2 aromatic rings. The number of hydrogen-bond acceptors (Lipinski definition) is 3. The van der Waals surface area contributed by atoms with Crippen LogP contribution in [0.5, 0.6) is 5.75 Å². The van der Waals surface area contributed by atoms with Crippen LogP contribution in [0.2, 0.25) is 0 Å². The van der Waals surface area contributed by atoms with Crippen molar-refractivity contribution in [1.29, 1.82) is 0 Å². The van der Waals surface area contributed by atoms with Gasteiger partial charge in [0, 0.05) is 18.2 Å². The van der Waals surface area contributed by atoms with Crippen molar-refractivity contribution in [3.63, 3.8) is 0 Å². The number of halogens is 1. The third-order valence-corrected chi connectivity index (χ3v) is 3.11. The molecule has 0 radical (unpaired) electrons. The fourth-order valence-corrected chi connectivity index (χ4v) is 1.92. The van der Waals surface area contributed by atoms with E-state index in [1.165, 1.54) is 6.07 Å². The minimum atomic E-state index is -0.259. The number of benzene rings is 1. The van der Waals surface area contributed by atoms with Crippen molar-refractivity contribution in [3.05, 3.63) is 53.2 Å². The quantitative estimate of drug-likeness (QED) is 0.835. The van der Waals surface area contributed by atoms with E-state index in [9.17, 15) is 4.39 Å². The van der Waals surface area contributed by atoms with Crippen molar-refractivity contribution >= 4 is 0 Å². The molecular weight excluding hydrogens is 269 g/mol. The molecule has 3 nitrogen and oxygen atoms in total. The Kier molecular flexibility index (Phi) is 5.39. The summed E-state index contributed by atoms with van der Waals surface area (Å²) in [6.07, 6.45) is 1.72. The van der Waals surface area contributed by atoms with Crippen LogP contribution in [0.15, 0.2) is 34.9 Å². The first-order chi connectivity index (χ1) is 10.0. The Morgan fingerprint density at radius 1 is 1.29 bits per heavy atom. The number of furan rings is 1. The summed E-state index contributed by atoms with van der Waals surface area (Å²) in [5.41, 5.74) is 1.70. The Labute approximate surface area is 125 Å². The average molecular weight is 291 g/mol. The molecule has 1 aromatic heterocycles. The zero-order chi connectivity index (χ0) is 15.2. The molecule has 21 heavy (non-hydrogen) atoms. The van der Waals surface area contributed by atoms with Crippen LogP contribution in [0.3, 0.4) is 0 Å². The smallest absolute Gasteiger partial charge is 0.146 e. The van der Waals surface area contributed by atoms with Gasteiger partial charge in [0.1, 0.15) is 23.9 Å². The lowest BCUT2D eigenvalue weighted by molar-refractivity contribution is 0.269. The van der Waals surface area contributed by atoms with Crippen LogP contribution in [0.4, 0.5) is 4.39 Å². The van der Waals surface area contributed by atoms with Gasteiger partial charge in [-0.1, -0.05) is 19.9 Å². The van der Waals surface area contributed by atoms with E-state index in [0.29, 0.717) is 23.8 Å². The van der Waals surface area contributed by atoms with E-state index in [4.69, 9.17) is 9.15 Å². The Hall–Kier alpha value is -1.81. The second-order valence-corrected chi connectivity index (χ2v) is 5.65. The fourth-order valence-electron chi connectivity index (χ4n) is 1.92. The zero-order valence-corrected chi connectivity index (χ0v) is 12.8. The molecule has 0 amide bonds. The van der Waals surface area contributed by atoms with Gasteiger partial charge in [0.25, 0.3) is 0 Å². The maximum atomic E-state index is 13.4. The SMILES string of the molecule is Cc1ccc(OCc2cc(CNCC(C)C)co2)cc1F. The maximum Gasteiger partial charge on any atom is 0.146 e. The lowest BCUT2D eigenvalue weighted by Crippen LogP contribution is -2.18. The highest BCUT2D eigenvalue weighted by atomic mass is 19.1. The van der Waals surface area contributed by atoms with Crippen LogP contribution < -0.4 is 10.1 Å². The summed E-state index contributed by atoms with van der Waals surface area (Å²) in [5.74, 6) is 1.60. The Morgan fingerprint density at radius 2 is 2.10 bits per heavy atom. The largest absolute Gasteiger partial charge is 0.486 e. The molecule has 0 saturated carbocycles. The van der Waals surface area contributed by atoms with Crippen molar-refractivity contribution in [2.45, 2.75) is 33.9 Å². The molecule has 0 fully saturated rings.